The lowest BCUT2D eigenvalue weighted by Gasteiger charge is -2.08. The molecule has 4 nitrogen and oxygen atoms in total. The quantitative estimate of drug-likeness (QED) is 0.626. The second-order valence-corrected chi connectivity index (χ2v) is 3.31. The van der Waals surface area contributed by atoms with Gasteiger partial charge in [0.05, 0.1) is 6.33 Å². The van der Waals surface area contributed by atoms with Gasteiger partial charge < -0.3 is 9.47 Å². The summed E-state index contributed by atoms with van der Waals surface area (Å²) in [7, 11) is 4.09. The molecule has 0 saturated carbocycles. The molecule has 0 radical (unpaired) electrons. The fourth-order valence-corrected chi connectivity index (χ4v) is 1.13. The van der Waals surface area contributed by atoms with Crippen LogP contribution >= 0.6 is 0 Å². The van der Waals surface area contributed by atoms with Crippen LogP contribution in [0.4, 0.5) is 0 Å². The zero-order valence-electron chi connectivity index (χ0n) is 8.10. The van der Waals surface area contributed by atoms with E-state index < -0.39 is 0 Å². The minimum Gasteiger partial charge on any atom is -0.337 e. The van der Waals surface area contributed by atoms with Crippen LogP contribution < -0.4 is 0 Å². The Hall–Kier alpha value is -1.16. The molecule has 1 heterocycles. The van der Waals surface area contributed by atoms with E-state index >= 15 is 0 Å². The molecule has 0 aliphatic carbocycles. The van der Waals surface area contributed by atoms with Gasteiger partial charge in [0.1, 0.15) is 5.69 Å². The average Bonchev–Trinajstić information content (AvgIpc) is 2.52. The number of hydrogen-bond acceptors (Lipinski definition) is 3. The number of hydrogen-bond donors (Lipinski definition) is 0. The van der Waals surface area contributed by atoms with Gasteiger partial charge in [0, 0.05) is 12.7 Å². The Morgan fingerprint density at radius 3 is 2.92 bits per heavy atom. The fraction of sp³-hybridized carbons (Fsp3) is 0.556. The molecule has 0 amide bonds. The second kappa shape index (κ2) is 4.77. The lowest BCUT2D eigenvalue weighted by Crippen LogP contribution is -2.14. The smallest absolute Gasteiger partial charge is 0.169 e. The number of aldehydes is 1. The number of nitrogens with zero attached hydrogens (tertiary/aromatic N) is 3. The maximum atomic E-state index is 10.3. The molecule has 0 N–H and O–H groups in total. The van der Waals surface area contributed by atoms with Gasteiger partial charge in [-0.05, 0) is 27.1 Å². The molecule has 1 aromatic heterocycles. The van der Waals surface area contributed by atoms with E-state index in [1.165, 1.54) is 0 Å². The summed E-state index contributed by atoms with van der Waals surface area (Å²) in [5, 5.41) is 0. The molecule has 0 saturated heterocycles. The first-order chi connectivity index (χ1) is 6.22. The minimum atomic E-state index is 0.504. The lowest BCUT2D eigenvalue weighted by atomic mass is 10.4. The van der Waals surface area contributed by atoms with Gasteiger partial charge in [-0.25, -0.2) is 4.98 Å². The highest BCUT2D eigenvalue weighted by Crippen LogP contribution is 1.95. The van der Waals surface area contributed by atoms with Crippen LogP contribution in [0.5, 0.6) is 0 Å². The Bertz CT molecular complexity index is 268. The summed E-state index contributed by atoms with van der Waals surface area (Å²) in [6.07, 6.45) is 5.30. The van der Waals surface area contributed by atoms with Gasteiger partial charge in [-0.15, -0.1) is 0 Å². The molecule has 4 heteroatoms. The number of aryl methyl sites for hydroxylation is 1. The first kappa shape index (κ1) is 9.92. The summed E-state index contributed by atoms with van der Waals surface area (Å²) >= 11 is 0. The highest BCUT2D eigenvalue weighted by Gasteiger charge is 1.96. The molecule has 1 aromatic rings. The predicted octanol–water partition coefficient (Wildman–Crippen LogP) is 0.647. The first-order valence-electron chi connectivity index (χ1n) is 4.34. The zero-order chi connectivity index (χ0) is 9.68. The Morgan fingerprint density at radius 1 is 1.62 bits per heavy atom. The summed E-state index contributed by atoms with van der Waals surface area (Å²) in [4.78, 5) is 16.4. The molecule has 0 aliphatic heterocycles. The molecule has 0 bridgehead atoms. The van der Waals surface area contributed by atoms with Gasteiger partial charge in [0.2, 0.25) is 0 Å². The first-order valence-corrected chi connectivity index (χ1v) is 4.34. The number of rotatable bonds is 5. The average molecular weight is 181 g/mol. The molecule has 1 rings (SSSR count). The van der Waals surface area contributed by atoms with Crippen molar-refractivity contribution in [2.24, 2.45) is 0 Å². The Kier molecular flexibility index (Phi) is 3.64. The summed E-state index contributed by atoms with van der Waals surface area (Å²) in [5.41, 5.74) is 0.504. The highest BCUT2D eigenvalue weighted by atomic mass is 16.1. The van der Waals surface area contributed by atoms with Crippen LogP contribution in [0.1, 0.15) is 16.9 Å². The largest absolute Gasteiger partial charge is 0.337 e. The maximum Gasteiger partial charge on any atom is 0.169 e. The third-order valence-corrected chi connectivity index (χ3v) is 1.80. The molecule has 0 atom stereocenters. The van der Waals surface area contributed by atoms with Crippen molar-refractivity contribution in [2.45, 2.75) is 13.0 Å². The van der Waals surface area contributed by atoms with Crippen molar-refractivity contribution in [3.8, 4) is 0 Å². The second-order valence-electron chi connectivity index (χ2n) is 3.31. The highest BCUT2D eigenvalue weighted by molar-refractivity contribution is 5.70. The monoisotopic (exact) mass is 181 g/mol. The molecular formula is C9H15N3O. The van der Waals surface area contributed by atoms with E-state index in [2.05, 4.69) is 9.88 Å². The summed E-state index contributed by atoms with van der Waals surface area (Å²) < 4.78 is 1.94. The normalized spacial score (nSPS) is 10.7. The predicted molar refractivity (Wildman–Crippen MR) is 50.8 cm³/mol. The van der Waals surface area contributed by atoms with E-state index in [9.17, 15) is 4.79 Å². The van der Waals surface area contributed by atoms with Gasteiger partial charge in [-0.3, -0.25) is 4.79 Å². The van der Waals surface area contributed by atoms with Gasteiger partial charge in [0.25, 0.3) is 0 Å². The van der Waals surface area contributed by atoms with E-state index in [1.54, 1.807) is 12.5 Å². The van der Waals surface area contributed by atoms with Crippen LogP contribution in [0.25, 0.3) is 0 Å². The van der Waals surface area contributed by atoms with Crippen molar-refractivity contribution in [1.82, 2.24) is 14.5 Å². The maximum absolute atomic E-state index is 10.3. The molecule has 13 heavy (non-hydrogen) atoms. The summed E-state index contributed by atoms with van der Waals surface area (Å²) in [6.45, 7) is 1.97. The van der Waals surface area contributed by atoms with Crippen LogP contribution in [0.2, 0.25) is 0 Å². The van der Waals surface area contributed by atoms with Gasteiger partial charge in [0.15, 0.2) is 6.29 Å². The van der Waals surface area contributed by atoms with Crippen molar-refractivity contribution >= 4 is 6.29 Å². The molecular weight excluding hydrogens is 166 g/mol. The van der Waals surface area contributed by atoms with Crippen molar-refractivity contribution in [2.75, 3.05) is 20.6 Å². The Balaban J connectivity index is 2.32. The number of imidazole rings is 1. The molecule has 0 aromatic carbocycles. The van der Waals surface area contributed by atoms with Crippen LogP contribution in [-0.2, 0) is 6.54 Å². The third-order valence-electron chi connectivity index (χ3n) is 1.80. The summed E-state index contributed by atoms with van der Waals surface area (Å²) in [6, 6.07) is 0. The Labute approximate surface area is 78.2 Å². The van der Waals surface area contributed by atoms with Gasteiger partial charge in [-0.2, -0.15) is 0 Å². The minimum absolute atomic E-state index is 0.504. The Morgan fingerprint density at radius 2 is 2.38 bits per heavy atom. The van der Waals surface area contributed by atoms with Crippen molar-refractivity contribution < 1.29 is 4.79 Å². The number of aromatic nitrogens is 2. The van der Waals surface area contributed by atoms with Gasteiger partial charge >= 0.3 is 0 Å². The molecule has 72 valence electrons. The third kappa shape index (κ3) is 3.38. The van der Waals surface area contributed by atoms with E-state index in [0.717, 1.165) is 25.8 Å². The van der Waals surface area contributed by atoms with Crippen molar-refractivity contribution in [3.05, 3.63) is 18.2 Å². The van der Waals surface area contributed by atoms with Crippen molar-refractivity contribution in [3.63, 3.8) is 0 Å². The van der Waals surface area contributed by atoms with Gasteiger partial charge in [-0.1, -0.05) is 0 Å². The van der Waals surface area contributed by atoms with Crippen LogP contribution in [0, 0.1) is 0 Å². The van der Waals surface area contributed by atoms with Crippen LogP contribution in [0.3, 0.4) is 0 Å². The van der Waals surface area contributed by atoms with Crippen molar-refractivity contribution in [1.29, 1.82) is 0 Å². The van der Waals surface area contributed by atoms with E-state index in [1.807, 2.05) is 18.7 Å². The van der Waals surface area contributed by atoms with E-state index in [4.69, 9.17) is 0 Å². The van der Waals surface area contributed by atoms with Crippen LogP contribution in [0.15, 0.2) is 12.5 Å². The number of carbonyl (C=O) groups excluding carboxylic acids is 1. The summed E-state index contributed by atoms with van der Waals surface area (Å²) in [5.74, 6) is 0. The molecule has 0 unspecified atom stereocenters. The topological polar surface area (TPSA) is 38.1 Å². The SMILES string of the molecule is CN(C)CCCn1cnc(C=O)c1. The van der Waals surface area contributed by atoms with E-state index in [-0.39, 0.29) is 0 Å². The molecule has 0 aliphatic rings. The standard InChI is InChI=1S/C9H15N3O/c1-11(2)4-3-5-12-6-9(7-13)10-8-12/h6-8H,3-5H2,1-2H3. The fourth-order valence-electron chi connectivity index (χ4n) is 1.13. The lowest BCUT2D eigenvalue weighted by molar-refractivity contribution is 0.111. The molecule has 0 fully saturated rings. The molecule has 0 spiro atoms. The van der Waals surface area contributed by atoms with E-state index in [0.29, 0.717) is 5.69 Å². The number of carbonyl (C=O) groups is 1. The zero-order valence-corrected chi connectivity index (χ0v) is 8.10. The van der Waals surface area contributed by atoms with Crippen LogP contribution in [-0.4, -0.2) is 41.4 Å².